The molecule has 0 fully saturated rings. The second-order valence-corrected chi connectivity index (χ2v) is 3.53. The van der Waals surface area contributed by atoms with Crippen LogP contribution in [0.5, 0.6) is 5.75 Å². The van der Waals surface area contributed by atoms with E-state index in [0.717, 1.165) is 16.3 Å². The Kier molecular flexibility index (Phi) is 2.89. The van der Waals surface area contributed by atoms with Crippen molar-refractivity contribution in [2.45, 2.75) is 0 Å². The maximum absolute atomic E-state index is 9.67. The molecule has 16 heavy (non-hydrogen) atoms. The second-order valence-electron chi connectivity index (χ2n) is 3.53. The molecule has 2 nitrogen and oxygen atoms in total. The van der Waals surface area contributed by atoms with Crippen molar-refractivity contribution in [3.05, 3.63) is 48.5 Å². The molecule has 0 aliphatic heterocycles. The summed E-state index contributed by atoms with van der Waals surface area (Å²) in [4.78, 5) is 4.43. The van der Waals surface area contributed by atoms with Gasteiger partial charge in [0, 0.05) is 30.3 Å². The second kappa shape index (κ2) is 4.19. The van der Waals surface area contributed by atoms with Gasteiger partial charge in [-0.15, -0.1) is 0 Å². The van der Waals surface area contributed by atoms with E-state index in [-0.39, 0.29) is 25.2 Å². The number of para-hydroxylation sites is 2. The number of benzene rings is 2. The van der Waals surface area contributed by atoms with Gasteiger partial charge in [-0.2, -0.15) is 0 Å². The maximum atomic E-state index is 9.67. The Hall–Kier alpha value is -1.47. The number of fused-ring (bicyclic) bond motifs is 2. The number of rotatable bonds is 0. The molecule has 0 spiro atoms. The van der Waals surface area contributed by atoms with E-state index >= 15 is 0 Å². The molecule has 1 aromatic heterocycles. The molecule has 3 aromatic rings. The van der Waals surface area contributed by atoms with Crippen molar-refractivity contribution in [2.75, 3.05) is 0 Å². The number of phenolic OH excluding ortho intramolecular Hbond substituents is 1. The van der Waals surface area contributed by atoms with Crippen LogP contribution in [0, 0.1) is 0 Å². The Labute approximate surface area is 106 Å². The van der Waals surface area contributed by atoms with Crippen LogP contribution in [0.15, 0.2) is 48.5 Å². The summed E-state index contributed by atoms with van der Waals surface area (Å²) in [6, 6.07) is 15.4. The molecular formula is C13H9NORh. The molecule has 1 radical (unpaired) electrons. The van der Waals surface area contributed by atoms with Crippen molar-refractivity contribution in [1.82, 2.24) is 4.98 Å². The van der Waals surface area contributed by atoms with E-state index in [1.807, 2.05) is 42.5 Å². The third kappa shape index (κ3) is 1.68. The predicted molar refractivity (Wildman–Crippen MR) is 60.9 cm³/mol. The largest absolute Gasteiger partial charge is 0.506 e. The zero-order valence-electron chi connectivity index (χ0n) is 8.35. The minimum atomic E-state index is 0. The number of pyridine rings is 1. The summed E-state index contributed by atoms with van der Waals surface area (Å²) < 4.78 is 0. The minimum Gasteiger partial charge on any atom is -0.506 e. The molecule has 1 heterocycles. The Morgan fingerprint density at radius 1 is 0.875 bits per heavy atom. The molecule has 0 unspecified atom stereocenters. The van der Waals surface area contributed by atoms with Gasteiger partial charge in [0.1, 0.15) is 11.3 Å². The third-order valence-corrected chi connectivity index (χ3v) is 2.53. The van der Waals surface area contributed by atoms with Crippen LogP contribution in [0.3, 0.4) is 0 Å². The van der Waals surface area contributed by atoms with Crippen molar-refractivity contribution < 1.29 is 24.6 Å². The third-order valence-electron chi connectivity index (χ3n) is 2.53. The van der Waals surface area contributed by atoms with Crippen LogP contribution in [-0.2, 0) is 19.5 Å². The molecule has 0 atom stereocenters. The minimum absolute atomic E-state index is 0. The van der Waals surface area contributed by atoms with Gasteiger partial charge in [0.2, 0.25) is 0 Å². The molecule has 2 aromatic carbocycles. The van der Waals surface area contributed by atoms with Crippen molar-refractivity contribution in [1.29, 1.82) is 0 Å². The molecule has 0 saturated heterocycles. The van der Waals surface area contributed by atoms with Crippen LogP contribution >= 0.6 is 0 Å². The van der Waals surface area contributed by atoms with E-state index < -0.39 is 0 Å². The molecule has 0 saturated carbocycles. The number of aromatic nitrogens is 1. The predicted octanol–water partition coefficient (Wildman–Crippen LogP) is 3.09. The van der Waals surface area contributed by atoms with E-state index in [4.69, 9.17) is 0 Å². The van der Waals surface area contributed by atoms with Crippen molar-refractivity contribution in [2.24, 2.45) is 0 Å². The van der Waals surface area contributed by atoms with Crippen LogP contribution in [0.1, 0.15) is 0 Å². The van der Waals surface area contributed by atoms with Crippen LogP contribution in [0.25, 0.3) is 21.8 Å². The van der Waals surface area contributed by atoms with Gasteiger partial charge in [0.25, 0.3) is 0 Å². The first kappa shape index (κ1) is 11.0. The monoisotopic (exact) mass is 298 g/mol. The van der Waals surface area contributed by atoms with Crippen LogP contribution in [-0.4, -0.2) is 10.1 Å². The average molecular weight is 298 g/mol. The molecule has 0 amide bonds. The van der Waals surface area contributed by atoms with E-state index in [2.05, 4.69) is 4.98 Å². The molecule has 3 heteroatoms. The summed E-state index contributed by atoms with van der Waals surface area (Å²) >= 11 is 0. The molecule has 0 aliphatic carbocycles. The van der Waals surface area contributed by atoms with Gasteiger partial charge >= 0.3 is 0 Å². The SMILES string of the molecule is Oc1cccc2cc3ccccc3nc12.[Rh]. The smallest absolute Gasteiger partial charge is 0.141 e. The topological polar surface area (TPSA) is 33.1 Å². The summed E-state index contributed by atoms with van der Waals surface area (Å²) in [6.07, 6.45) is 0. The number of hydrogen-bond donors (Lipinski definition) is 1. The summed E-state index contributed by atoms with van der Waals surface area (Å²) in [5.74, 6) is 0.234. The Morgan fingerprint density at radius 2 is 1.62 bits per heavy atom. The van der Waals surface area contributed by atoms with Crippen LogP contribution < -0.4 is 0 Å². The molecule has 81 valence electrons. The molecule has 1 N–H and O–H groups in total. The maximum Gasteiger partial charge on any atom is 0.141 e. The summed E-state index contributed by atoms with van der Waals surface area (Å²) in [5, 5.41) is 11.7. The number of phenols is 1. The fraction of sp³-hybridized carbons (Fsp3) is 0. The summed E-state index contributed by atoms with van der Waals surface area (Å²) in [6.45, 7) is 0. The summed E-state index contributed by atoms with van der Waals surface area (Å²) in [5.41, 5.74) is 1.57. The molecule has 0 aliphatic rings. The molecule has 3 rings (SSSR count). The van der Waals surface area contributed by atoms with Gasteiger partial charge < -0.3 is 5.11 Å². The van der Waals surface area contributed by atoms with Crippen molar-refractivity contribution >= 4 is 21.8 Å². The van der Waals surface area contributed by atoms with Gasteiger partial charge in [0.15, 0.2) is 0 Å². The Morgan fingerprint density at radius 3 is 2.50 bits per heavy atom. The van der Waals surface area contributed by atoms with Crippen LogP contribution in [0.2, 0.25) is 0 Å². The van der Waals surface area contributed by atoms with Gasteiger partial charge in [-0.05, 0) is 18.2 Å². The first-order valence-corrected chi connectivity index (χ1v) is 4.82. The number of aromatic hydroxyl groups is 1. The molecule has 0 bridgehead atoms. The van der Waals surface area contributed by atoms with E-state index in [9.17, 15) is 5.11 Å². The number of hydrogen-bond acceptors (Lipinski definition) is 2. The van der Waals surface area contributed by atoms with Crippen LogP contribution in [0.4, 0.5) is 0 Å². The first-order chi connectivity index (χ1) is 7.34. The summed E-state index contributed by atoms with van der Waals surface area (Å²) in [7, 11) is 0. The zero-order valence-corrected chi connectivity index (χ0v) is 9.99. The zero-order chi connectivity index (χ0) is 10.3. The van der Waals surface area contributed by atoms with Crippen molar-refractivity contribution in [3.8, 4) is 5.75 Å². The van der Waals surface area contributed by atoms with Crippen molar-refractivity contribution in [3.63, 3.8) is 0 Å². The fourth-order valence-corrected chi connectivity index (χ4v) is 1.79. The Bertz CT molecular complexity index is 652. The normalized spacial score (nSPS) is 10.2. The van der Waals surface area contributed by atoms with E-state index in [1.165, 1.54) is 0 Å². The van der Waals surface area contributed by atoms with E-state index in [0.29, 0.717) is 5.52 Å². The van der Waals surface area contributed by atoms with Gasteiger partial charge in [-0.3, -0.25) is 0 Å². The quantitative estimate of drug-likeness (QED) is 0.511. The standard InChI is InChI=1S/C13H9NO.Rh/c15-12-7-3-5-10-8-9-4-1-2-6-11(9)14-13(10)12;/h1-8,15H;. The molecular weight excluding hydrogens is 289 g/mol. The van der Waals surface area contributed by atoms with E-state index in [1.54, 1.807) is 6.07 Å². The first-order valence-electron chi connectivity index (χ1n) is 4.82. The average Bonchev–Trinajstić information content (AvgIpc) is 2.27. The van der Waals surface area contributed by atoms with Gasteiger partial charge in [-0.25, -0.2) is 4.98 Å². The van der Waals surface area contributed by atoms with Gasteiger partial charge in [0.05, 0.1) is 5.52 Å². The number of nitrogens with zero attached hydrogens (tertiary/aromatic N) is 1. The van der Waals surface area contributed by atoms with Gasteiger partial charge in [-0.1, -0.05) is 30.3 Å². The fourth-order valence-electron chi connectivity index (χ4n) is 1.79. The Balaban J connectivity index is 0.000000963.